The van der Waals surface area contributed by atoms with Crippen molar-refractivity contribution >= 4 is 34.1 Å². The molecule has 4 heteroatoms. The number of aromatic nitrogens is 2. The minimum atomic E-state index is -0.464. The lowest BCUT2D eigenvalue weighted by Crippen LogP contribution is -2.29. The van der Waals surface area contributed by atoms with Gasteiger partial charge in [-0.2, -0.15) is 0 Å². The highest BCUT2D eigenvalue weighted by atomic mass is 28.2. The van der Waals surface area contributed by atoms with Crippen molar-refractivity contribution in [3.63, 3.8) is 0 Å². The van der Waals surface area contributed by atoms with Crippen molar-refractivity contribution in [2.24, 2.45) is 5.92 Å². The van der Waals surface area contributed by atoms with Crippen LogP contribution in [0, 0.1) is 5.92 Å². The van der Waals surface area contributed by atoms with Gasteiger partial charge in [-0.15, -0.1) is 5.70 Å². The van der Waals surface area contributed by atoms with Gasteiger partial charge in [0.2, 0.25) is 7.28 Å². The average Bonchev–Trinajstić information content (AvgIpc) is 3.44. The predicted octanol–water partition coefficient (Wildman–Crippen LogP) is 6.52. The summed E-state index contributed by atoms with van der Waals surface area (Å²) in [6.45, 7) is 2.34. The van der Waals surface area contributed by atoms with Crippen molar-refractivity contribution in [2.45, 2.75) is 19.0 Å². The minimum absolute atomic E-state index is 0.353. The molecule has 1 unspecified atom stereocenters. The molecule has 0 aliphatic heterocycles. The fourth-order valence-corrected chi connectivity index (χ4v) is 6.54. The van der Waals surface area contributed by atoms with E-state index in [9.17, 15) is 0 Å². The molecule has 0 aliphatic rings. The zero-order chi connectivity index (χ0) is 26.7. The van der Waals surface area contributed by atoms with Gasteiger partial charge in [-0.25, -0.2) is 0 Å². The Labute approximate surface area is 235 Å². The maximum Gasteiger partial charge on any atom is 0.241 e. The molecule has 0 saturated heterocycles. The van der Waals surface area contributed by atoms with Crippen LogP contribution in [-0.2, 0) is 6.17 Å². The molecule has 1 heterocycles. The summed E-state index contributed by atoms with van der Waals surface area (Å²) >= 11 is 0. The molecule has 1 radical (unpaired) electrons. The number of nitrogens with zero attached hydrogens (tertiary/aromatic N) is 2. The Balaban J connectivity index is 1.28. The molecule has 0 N–H and O–H groups in total. The summed E-state index contributed by atoms with van der Waals surface area (Å²) in [4.78, 5) is 4.71. The predicted molar refractivity (Wildman–Crippen MR) is 170 cm³/mol. The second-order valence-corrected chi connectivity index (χ2v) is 11.4. The monoisotopic (exact) mass is 521 g/mol. The number of hydrogen-bond donors (Lipinski definition) is 0. The molecule has 0 amide bonds. The second-order valence-electron chi connectivity index (χ2n) is 9.87. The Morgan fingerprint density at radius 1 is 0.795 bits per heavy atom. The third-order valence-corrected chi connectivity index (χ3v) is 8.43. The second kappa shape index (κ2) is 13.6. The normalized spacial score (nSPS) is 12.9. The van der Waals surface area contributed by atoms with Gasteiger partial charge in [0, 0.05) is 24.5 Å². The maximum atomic E-state index is 4.71. The highest BCUT2D eigenvalue weighted by Crippen LogP contribution is 2.32. The molecule has 191 valence electrons. The molecule has 39 heavy (non-hydrogen) atoms. The highest BCUT2D eigenvalue weighted by Gasteiger charge is 2.19. The molecule has 0 aliphatic carbocycles. The quantitative estimate of drug-likeness (QED) is 0.143. The molecule has 4 aromatic carbocycles. The molecule has 1 aromatic heterocycles. The first-order valence-corrected chi connectivity index (χ1v) is 15.5. The molecule has 5 rings (SSSR count). The van der Waals surface area contributed by atoms with E-state index < -0.39 is 9.52 Å². The van der Waals surface area contributed by atoms with Crippen molar-refractivity contribution in [3.05, 3.63) is 168 Å². The van der Waals surface area contributed by atoms with Crippen molar-refractivity contribution < 1.29 is 0 Å². The van der Waals surface area contributed by atoms with E-state index in [2.05, 4.69) is 164 Å². The van der Waals surface area contributed by atoms with Gasteiger partial charge >= 0.3 is 0 Å². The molecular formula is C35H34BN2Si. The molecule has 2 nitrogen and oxygen atoms in total. The summed E-state index contributed by atoms with van der Waals surface area (Å²) in [5.74, 6) is 0.765. The molecule has 5 aromatic rings. The minimum Gasteiger partial charge on any atom is -0.346 e. The SMILES string of the molecule is CC(C=C[SiH2]Cn1ccnc1[B]C(=Cc1ccccc1)c1ccccc1)C(c1ccccc1)c1ccccc1. The molecule has 0 fully saturated rings. The summed E-state index contributed by atoms with van der Waals surface area (Å²) in [5, 5.41) is 0. The summed E-state index contributed by atoms with van der Waals surface area (Å²) in [6.07, 6.45) is 9.71. The summed E-state index contributed by atoms with van der Waals surface area (Å²) in [6, 6.07) is 42.8. The third-order valence-electron chi connectivity index (χ3n) is 7.08. The number of imidazole rings is 1. The highest BCUT2D eigenvalue weighted by molar-refractivity contribution is 6.73. The van der Waals surface area contributed by atoms with Crippen molar-refractivity contribution in [3.8, 4) is 0 Å². The lowest BCUT2D eigenvalue weighted by atomic mass is 9.65. The van der Waals surface area contributed by atoms with Crippen LogP contribution in [0.3, 0.4) is 0 Å². The number of rotatable bonds is 11. The Morgan fingerprint density at radius 2 is 1.36 bits per heavy atom. The van der Waals surface area contributed by atoms with Gasteiger partial charge in [-0.05, 0) is 28.2 Å². The smallest absolute Gasteiger partial charge is 0.241 e. The van der Waals surface area contributed by atoms with E-state index in [0.717, 1.165) is 17.4 Å². The first-order chi connectivity index (χ1) is 19.3. The van der Waals surface area contributed by atoms with Gasteiger partial charge < -0.3 is 4.57 Å². The van der Waals surface area contributed by atoms with Crippen molar-refractivity contribution in [1.82, 2.24) is 9.55 Å². The van der Waals surface area contributed by atoms with Crippen LogP contribution in [-0.4, -0.2) is 26.4 Å². The fourth-order valence-electron chi connectivity index (χ4n) is 5.11. The summed E-state index contributed by atoms with van der Waals surface area (Å²) in [5.41, 5.74) is 9.74. The van der Waals surface area contributed by atoms with Crippen LogP contribution >= 0.6 is 0 Å². The van der Waals surface area contributed by atoms with Crippen LogP contribution in [0.2, 0.25) is 0 Å². The average molecular weight is 522 g/mol. The van der Waals surface area contributed by atoms with E-state index in [1.807, 2.05) is 6.20 Å². The number of hydrogen-bond acceptors (Lipinski definition) is 1. The van der Waals surface area contributed by atoms with Crippen LogP contribution in [0.5, 0.6) is 0 Å². The van der Waals surface area contributed by atoms with E-state index >= 15 is 0 Å². The Morgan fingerprint density at radius 3 is 1.97 bits per heavy atom. The van der Waals surface area contributed by atoms with Crippen molar-refractivity contribution in [1.29, 1.82) is 0 Å². The molecular weight excluding hydrogens is 487 g/mol. The van der Waals surface area contributed by atoms with Gasteiger partial charge in [0.1, 0.15) is 0 Å². The molecule has 0 spiro atoms. The van der Waals surface area contributed by atoms with Crippen LogP contribution < -0.4 is 5.72 Å². The fraction of sp³-hybridized carbons (Fsp3) is 0.114. The van der Waals surface area contributed by atoms with Crippen LogP contribution in [0.4, 0.5) is 0 Å². The van der Waals surface area contributed by atoms with E-state index in [4.69, 9.17) is 4.98 Å². The van der Waals surface area contributed by atoms with Crippen LogP contribution in [0.25, 0.3) is 11.5 Å². The first kappa shape index (κ1) is 26.5. The van der Waals surface area contributed by atoms with Gasteiger partial charge in [0.15, 0.2) is 0 Å². The number of benzene rings is 4. The van der Waals surface area contributed by atoms with Crippen LogP contribution in [0.1, 0.15) is 35.1 Å². The summed E-state index contributed by atoms with van der Waals surface area (Å²) < 4.78 is 2.30. The standard InChI is InChI=1S/C35H34BN2Si/c1-28(34(31-18-10-4-11-19-31)32-20-12-5-13-21-32)22-25-39-27-38-24-23-37-35(38)36-33(30-16-8-3-9-17-30)26-29-14-6-2-7-15-29/h2-26,28,34H,27,39H2,1H3. The third kappa shape index (κ3) is 7.24. The van der Waals surface area contributed by atoms with E-state index in [0.29, 0.717) is 11.8 Å². The first-order valence-electron chi connectivity index (χ1n) is 13.7. The van der Waals surface area contributed by atoms with E-state index in [-0.39, 0.29) is 0 Å². The van der Waals surface area contributed by atoms with Crippen molar-refractivity contribution in [2.75, 3.05) is 0 Å². The van der Waals surface area contributed by atoms with Gasteiger partial charge in [-0.3, -0.25) is 4.98 Å². The topological polar surface area (TPSA) is 17.8 Å². The zero-order valence-corrected chi connectivity index (χ0v) is 23.9. The zero-order valence-electron chi connectivity index (χ0n) is 22.5. The lowest BCUT2D eigenvalue weighted by molar-refractivity contribution is 0.625. The summed E-state index contributed by atoms with van der Waals surface area (Å²) in [7, 11) is 1.75. The Hall–Kier alpha value is -4.15. The van der Waals surface area contributed by atoms with Gasteiger partial charge in [0.25, 0.3) is 0 Å². The number of allylic oxidation sites excluding steroid dienone is 1. The molecule has 1 atom stereocenters. The maximum absolute atomic E-state index is 4.71. The Bertz CT molecular complexity index is 1440. The largest absolute Gasteiger partial charge is 0.346 e. The lowest BCUT2D eigenvalue weighted by Gasteiger charge is -2.23. The molecule has 0 saturated carbocycles. The van der Waals surface area contributed by atoms with Crippen LogP contribution in [0.15, 0.2) is 145 Å². The van der Waals surface area contributed by atoms with Gasteiger partial charge in [-0.1, -0.05) is 146 Å². The van der Waals surface area contributed by atoms with E-state index in [1.54, 1.807) is 0 Å². The van der Waals surface area contributed by atoms with Gasteiger partial charge in [0.05, 0.1) is 15.2 Å². The van der Waals surface area contributed by atoms with E-state index in [1.165, 1.54) is 22.3 Å². The molecule has 0 bridgehead atoms. The Kier molecular flexibility index (Phi) is 9.22.